The number of aromatic hydroxyl groups is 1. The van der Waals surface area contributed by atoms with Gasteiger partial charge in [0.25, 0.3) is 0 Å². The molecule has 0 atom stereocenters. The number of rotatable bonds is 3. The molecule has 1 aliphatic carbocycles. The monoisotopic (exact) mass is 258 g/mol. The summed E-state index contributed by atoms with van der Waals surface area (Å²) in [6, 6.07) is 7.29. The lowest BCUT2D eigenvalue weighted by atomic mass is 9.82. The number of hydrogen-bond donors (Lipinski definition) is 2. The molecule has 100 valence electrons. The number of phenolic OH excluding ortho intramolecular Hbond substituents is 1. The van der Waals surface area contributed by atoms with Crippen molar-refractivity contribution in [1.29, 1.82) is 0 Å². The van der Waals surface area contributed by atoms with Gasteiger partial charge in [-0.05, 0) is 42.3 Å². The van der Waals surface area contributed by atoms with Gasteiger partial charge in [-0.1, -0.05) is 6.07 Å². The molecule has 0 radical (unpaired) electrons. The van der Waals surface area contributed by atoms with Crippen LogP contribution in [0.2, 0.25) is 0 Å². The summed E-state index contributed by atoms with van der Waals surface area (Å²) in [5, 5.41) is 21.0. The Balaban J connectivity index is 1.88. The quantitative estimate of drug-likeness (QED) is 0.885. The van der Waals surface area contributed by atoms with Crippen LogP contribution in [0.4, 0.5) is 5.82 Å². The number of aliphatic hydroxyl groups excluding tert-OH is 1. The normalized spacial score (nSPS) is 22.2. The van der Waals surface area contributed by atoms with E-state index in [-0.39, 0.29) is 11.9 Å². The van der Waals surface area contributed by atoms with Gasteiger partial charge in [-0.15, -0.1) is 0 Å². The molecule has 1 aromatic carbocycles. The van der Waals surface area contributed by atoms with E-state index >= 15 is 0 Å². The van der Waals surface area contributed by atoms with Crippen molar-refractivity contribution in [3.63, 3.8) is 0 Å². The zero-order valence-corrected chi connectivity index (χ0v) is 11.0. The van der Waals surface area contributed by atoms with Gasteiger partial charge in [-0.25, -0.2) is 4.98 Å². The third-order valence-corrected chi connectivity index (χ3v) is 3.83. The summed E-state index contributed by atoms with van der Waals surface area (Å²) in [5.74, 6) is 1.68. The molecule has 1 aliphatic rings. The minimum absolute atomic E-state index is 0.122. The van der Waals surface area contributed by atoms with Crippen molar-refractivity contribution in [2.24, 2.45) is 5.92 Å². The molecule has 0 aliphatic heterocycles. The van der Waals surface area contributed by atoms with E-state index in [9.17, 15) is 10.2 Å². The zero-order valence-electron chi connectivity index (χ0n) is 11.0. The Morgan fingerprint density at radius 2 is 2.11 bits per heavy atom. The highest BCUT2D eigenvalue weighted by molar-refractivity contribution is 5.93. The molecule has 0 saturated heterocycles. The molecular weight excluding hydrogens is 240 g/mol. The van der Waals surface area contributed by atoms with Crippen molar-refractivity contribution >= 4 is 16.6 Å². The van der Waals surface area contributed by atoms with Crippen LogP contribution in [0.1, 0.15) is 12.8 Å². The van der Waals surface area contributed by atoms with E-state index < -0.39 is 0 Å². The number of phenols is 1. The van der Waals surface area contributed by atoms with Crippen LogP contribution < -0.4 is 4.90 Å². The van der Waals surface area contributed by atoms with Crippen molar-refractivity contribution in [1.82, 2.24) is 4.98 Å². The van der Waals surface area contributed by atoms with Gasteiger partial charge in [0.05, 0.1) is 6.10 Å². The van der Waals surface area contributed by atoms with Crippen LogP contribution in [0.25, 0.3) is 10.8 Å². The fourth-order valence-corrected chi connectivity index (χ4v) is 2.77. The second kappa shape index (κ2) is 4.70. The average molecular weight is 258 g/mol. The highest BCUT2D eigenvalue weighted by Gasteiger charge is 2.28. The molecule has 0 bridgehead atoms. The molecule has 2 aromatic rings. The number of hydrogen-bond acceptors (Lipinski definition) is 4. The lowest BCUT2D eigenvalue weighted by Crippen LogP contribution is -2.37. The summed E-state index contributed by atoms with van der Waals surface area (Å²) in [6.07, 6.45) is 3.42. The second-order valence-electron chi connectivity index (χ2n) is 5.41. The topological polar surface area (TPSA) is 56.6 Å². The number of nitrogens with zero attached hydrogens (tertiary/aromatic N) is 2. The Bertz CT molecular complexity index is 594. The van der Waals surface area contributed by atoms with Gasteiger partial charge < -0.3 is 15.1 Å². The minimum atomic E-state index is -0.122. The van der Waals surface area contributed by atoms with Crippen molar-refractivity contribution in [3.05, 3.63) is 30.5 Å². The number of anilines is 1. The van der Waals surface area contributed by atoms with E-state index in [0.717, 1.165) is 36.0 Å². The Morgan fingerprint density at radius 1 is 1.32 bits per heavy atom. The van der Waals surface area contributed by atoms with Crippen LogP contribution in [0.5, 0.6) is 5.75 Å². The Hall–Kier alpha value is -1.81. The molecular formula is C15H18N2O2. The van der Waals surface area contributed by atoms with Crippen LogP contribution in [0.3, 0.4) is 0 Å². The average Bonchev–Trinajstić information content (AvgIpc) is 2.36. The Kier molecular flexibility index (Phi) is 3.03. The number of benzene rings is 1. The maximum atomic E-state index is 9.63. The van der Waals surface area contributed by atoms with Crippen molar-refractivity contribution in [2.45, 2.75) is 18.9 Å². The second-order valence-corrected chi connectivity index (χ2v) is 5.41. The molecule has 1 saturated carbocycles. The zero-order chi connectivity index (χ0) is 13.4. The minimum Gasteiger partial charge on any atom is -0.508 e. The van der Waals surface area contributed by atoms with E-state index in [1.54, 1.807) is 18.3 Å². The summed E-state index contributed by atoms with van der Waals surface area (Å²) in [6.45, 7) is 0.888. The predicted molar refractivity (Wildman–Crippen MR) is 75.4 cm³/mol. The maximum Gasteiger partial charge on any atom is 0.136 e. The van der Waals surface area contributed by atoms with Crippen LogP contribution >= 0.6 is 0 Å². The van der Waals surface area contributed by atoms with Gasteiger partial charge in [0.1, 0.15) is 11.6 Å². The molecule has 0 spiro atoms. The molecule has 4 nitrogen and oxygen atoms in total. The van der Waals surface area contributed by atoms with Gasteiger partial charge in [-0.3, -0.25) is 0 Å². The third kappa shape index (κ3) is 2.36. The molecule has 1 heterocycles. The summed E-state index contributed by atoms with van der Waals surface area (Å²) in [4.78, 5) is 6.54. The van der Waals surface area contributed by atoms with Crippen molar-refractivity contribution in [3.8, 4) is 5.75 Å². The van der Waals surface area contributed by atoms with E-state index in [2.05, 4.69) is 9.88 Å². The first-order valence-electron chi connectivity index (χ1n) is 6.60. The third-order valence-electron chi connectivity index (χ3n) is 3.83. The van der Waals surface area contributed by atoms with Gasteiger partial charge in [0.15, 0.2) is 0 Å². The van der Waals surface area contributed by atoms with Crippen LogP contribution in [-0.4, -0.2) is 34.9 Å². The molecule has 0 amide bonds. The summed E-state index contributed by atoms with van der Waals surface area (Å²) in [7, 11) is 2.01. The van der Waals surface area contributed by atoms with Gasteiger partial charge >= 0.3 is 0 Å². The maximum absolute atomic E-state index is 9.63. The van der Waals surface area contributed by atoms with E-state index in [1.807, 2.05) is 19.2 Å². The van der Waals surface area contributed by atoms with Crippen molar-refractivity contribution < 1.29 is 10.2 Å². The van der Waals surface area contributed by atoms with Crippen LogP contribution in [0.15, 0.2) is 30.5 Å². The predicted octanol–water partition coefficient (Wildman–Crippen LogP) is 2.15. The smallest absolute Gasteiger partial charge is 0.136 e. The molecule has 1 aromatic heterocycles. The number of fused-ring (bicyclic) bond motifs is 1. The lowest BCUT2D eigenvalue weighted by molar-refractivity contribution is 0.0464. The lowest BCUT2D eigenvalue weighted by Gasteiger charge is -2.35. The SMILES string of the molecule is CN(CC1CC(O)C1)c1nccc2ccc(O)cc12. The summed E-state index contributed by atoms with van der Waals surface area (Å²) in [5.41, 5.74) is 0. The Morgan fingerprint density at radius 3 is 2.84 bits per heavy atom. The molecule has 2 N–H and O–H groups in total. The highest BCUT2D eigenvalue weighted by atomic mass is 16.3. The van der Waals surface area contributed by atoms with E-state index in [0.29, 0.717) is 5.92 Å². The highest BCUT2D eigenvalue weighted by Crippen LogP contribution is 2.31. The number of pyridine rings is 1. The van der Waals surface area contributed by atoms with E-state index in [4.69, 9.17) is 0 Å². The van der Waals surface area contributed by atoms with E-state index in [1.165, 1.54) is 0 Å². The molecule has 1 fully saturated rings. The summed E-state index contributed by atoms with van der Waals surface area (Å²) >= 11 is 0. The van der Waals surface area contributed by atoms with Crippen molar-refractivity contribution in [2.75, 3.05) is 18.5 Å². The first kappa shape index (κ1) is 12.2. The molecule has 19 heavy (non-hydrogen) atoms. The van der Waals surface area contributed by atoms with Gasteiger partial charge in [0, 0.05) is 25.2 Å². The standard InChI is InChI=1S/C15H18N2O2/c1-17(9-10-6-13(19)7-10)15-14-8-12(18)3-2-11(14)4-5-16-15/h2-5,8,10,13,18-19H,6-7,9H2,1H3. The fraction of sp³-hybridized carbons (Fsp3) is 0.400. The Labute approximate surface area is 112 Å². The number of aliphatic hydroxyl groups is 1. The summed E-state index contributed by atoms with van der Waals surface area (Å²) < 4.78 is 0. The number of aromatic nitrogens is 1. The largest absolute Gasteiger partial charge is 0.508 e. The van der Waals surface area contributed by atoms with Crippen LogP contribution in [-0.2, 0) is 0 Å². The molecule has 4 heteroatoms. The molecule has 0 unspecified atom stereocenters. The van der Waals surface area contributed by atoms with Crippen LogP contribution in [0, 0.1) is 5.92 Å². The first-order chi connectivity index (χ1) is 9.13. The first-order valence-corrected chi connectivity index (χ1v) is 6.60. The van der Waals surface area contributed by atoms with Gasteiger partial charge in [0.2, 0.25) is 0 Å². The van der Waals surface area contributed by atoms with Gasteiger partial charge in [-0.2, -0.15) is 0 Å². The molecule has 3 rings (SSSR count). The fourth-order valence-electron chi connectivity index (χ4n) is 2.77.